The van der Waals surface area contributed by atoms with Crippen molar-refractivity contribution in [1.82, 2.24) is 9.38 Å². The normalized spacial score (nSPS) is 14.9. The minimum Gasteiger partial charge on any atom is -0.365 e. The van der Waals surface area contributed by atoms with Crippen molar-refractivity contribution in [1.29, 1.82) is 0 Å². The maximum absolute atomic E-state index is 6.00. The zero-order valence-corrected chi connectivity index (χ0v) is 10.3. The van der Waals surface area contributed by atoms with E-state index >= 15 is 0 Å². The molecule has 1 atom stereocenters. The number of aromatic nitrogens is 2. The molecule has 1 unspecified atom stereocenters. The first-order chi connectivity index (χ1) is 7.68. The molecule has 16 heavy (non-hydrogen) atoms. The fourth-order valence-corrected chi connectivity index (χ4v) is 1.83. The Labute approximate surface area is 100 Å². The van der Waals surface area contributed by atoms with Crippen molar-refractivity contribution in [3.8, 4) is 0 Å². The number of alkyl halides is 1. The van der Waals surface area contributed by atoms with Crippen LogP contribution < -0.4 is 5.32 Å². The molecule has 0 aliphatic heterocycles. The summed E-state index contributed by atoms with van der Waals surface area (Å²) in [6.45, 7) is 4.25. The van der Waals surface area contributed by atoms with E-state index in [9.17, 15) is 0 Å². The van der Waals surface area contributed by atoms with Crippen LogP contribution in [-0.2, 0) is 0 Å². The maximum Gasteiger partial charge on any atom is 0.138 e. The van der Waals surface area contributed by atoms with Crippen LogP contribution in [0, 0.1) is 0 Å². The summed E-state index contributed by atoms with van der Waals surface area (Å²) in [5, 5.41) is 3.47. The molecule has 3 nitrogen and oxygen atoms in total. The molecule has 2 aromatic heterocycles. The molecule has 1 N–H and O–H groups in total. The SMILES string of the molecule is CCC(C)(CCl)Nc1cccc2nccn12. The number of nitrogens with zero attached hydrogens (tertiary/aromatic N) is 2. The summed E-state index contributed by atoms with van der Waals surface area (Å²) in [7, 11) is 0. The summed E-state index contributed by atoms with van der Waals surface area (Å²) in [5.41, 5.74) is 0.859. The number of halogens is 1. The molecule has 0 spiro atoms. The van der Waals surface area contributed by atoms with E-state index in [-0.39, 0.29) is 5.54 Å². The first-order valence-electron chi connectivity index (χ1n) is 5.45. The van der Waals surface area contributed by atoms with E-state index in [1.54, 1.807) is 6.20 Å². The van der Waals surface area contributed by atoms with E-state index in [4.69, 9.17) is 11.6 Å². The van der Waals surface area contributed by atoms with Gasteiger partial charge in [-0.05, 0) is 25.5 Å². The smallest absolute Gasteiger partial charge is 0.138 e. The van der Waals surface area contributed by atoms with Crippen LogP contribution in [0.2, 0.25) is 0 Å². The van der Waals surface area contributed by atoms with Gasteiger partial charge in [0.25, 0.3) is 0 Å². The molecule has 0 saturated carbocycles. The van der Waals surface area contributed by atoms with Gasteiger partial charge in [-0.3, -0.25) is 4.40 Å². The van der Waals surface area contributed by atoms with Gasteiger partial charge in [-0.1, -0.05) is 13.0 Å². The van der Waals surface area contributed by atoms with Gasteiger partial charge in [0.2, 0.25) is 0 Å². The summed E-state index contributed by atoms with van der Waals surface area (Å²) in [6.07, 6.45) is 4.72. The molecule has 2 rings (SSSR count). The molecule has 0 aliphatic carbocycles. The third-order valence-corrected chi connectivity index (χ3v) is 3.52. The van der Waals surface area contributed by atoms with Crippen molar-refractivity contribution < 1.29 is 0 Å². The molecular weight excluding hydrogens is 222 g/mol. The first-order valence-corrected chi connectivity index (χ1v) is 5.98. The van der Waals surface area contributed by atoms with Gasteiger partial charge in [-0.25, -0.2) is 4.98 Å². The van der Waals surface area contributed by atoms with Crippen LogP contribution >= 0.6 is 11.6 Å². The largest absolute Gasteiger partial charge is 0.365 e. The Bertz CT molecular complexity index is 474. The third kappa shape index (κ3) is 2.00. The van der Waals surface area contributed by atoms with Gasteiger partial charge >= 0.3 is 0 Å². The lowest BCUT2D eigenvalue weighted by Crippen LogP contribution is -2.36. The highest BCUT2D eigenvalue weighted by Gasteiger charge is 2.21. The maximum atomic E-state index is 6.00. The van der Waals surface area contributed by atoms with Crippen molar-refractivity contribution in [3.63, 3.8) is 0 Å². The predicted molar refractivity (Wildman–Crippen MR) is 68.2 cm³/mol. The highest BCUT2D eigenvalue weighted by atomic mass is 35.5. The standard InChI is InChI=1S/C12H16ClN3/c1-3-12(2,9-13)15-11-6-4-5-10-14-7-8-16(10)11/h4-8,15H,3,9H2,1-2H3. The molecule has 0 aromatic carbocycles. The van der Waals surface area contributed by atoms with E-state index < -0.39 is 0 Å². The van der Waals surface area contributed by atoms with Gasteiger partial charge in [0.1, 0.15) is 11.5 Å². The fourth-order valence-electron chi connectivity index (χ4n) is 1.57. The van der Waals surface area contributed by atoms with Gasteiger partial charge in [-0.15, -0.1) is 11.6 Å². The van der Waals surface area contributed by atoms with Gasteiger partial charge in [-0.2, -0.15) is 0 Å². The fraction of sp³-hybridized carbons (Fsp3) is 0.417. The second kappa shape index (κ2) is 4.34. The van der Waals surface area contributed by atoms with E-state index in [0.717, 1.165) is 17.9 Å². The van der Waals surface area contributed by atoms with Crippen LogP contribution in [0.1, 0.15) is 20.3 Å². The van der Waals surface area contributed by atoms with Crippen LogP contribution in [0.3, 0.4) is 0 Å². The van der Waals surface area contributed by atoms with Gasteiger partial charge in [0.15, 0.2) is 0 Å². The number of pyridine rings is 1. The van der Waals surface area contributed by atoms with Gasteiger partial charge in [0.05, 0.1) is 0 Å². The Morgan fingerprint density at radius 2 is 2.31 bits per heavy atom. The molecule has 0 aliphatic rings. The molecule has 2 heterocycles. The van der Waals surface area contributed by atoms with Crippen LogP contribution in [0.15, 0.2) is 30.6 Å². The molecule has 86 valence electrons. The molecule has 0 amide bonds. The van der Waals surface area contributed by atoms with Gasteiger partial charge in [0, 0.05) is 23.8 Å². The summed E-state index contributed by atoms with van der Waals surface area (Å²) >= 11 is 6.00. The van der Waals surface area contributed by atoms with E-state index in [2.05, 4.69) is 24.1 Å². The average molecular weight is 238 g/mol. The quantitative estimate of drug-likeness (QED) is 0.828. The Morgan fingerprint density at radius 3 is 3.00 bits per heavy atom. The van der Waals surface area contributed by atoms with Crippen LogP contribution in [0.4, 0.5) is 5.82 Å². The topological polar surface area (TPSA) is 29.3 Å². The van der Waals surface area contributed by atoms with Crippen LogP contribution in [-0.4, -0.2) is 20.8 Å². The number of imidazole rings is 1. The highest BCUT2D eigenvalue weighted by Crippen LogP contribution is 2.20. The van der Waals surface area contributed by atoms with E-state index in [1.807, 2.05) is 28.8 Å². The zero-order valence-electron chi connectivity index (χ0n) is 9.57. The van der Waals surface area contributed by atoms with E-state index in [0.29, 0.717) is 5.88 Å². The van der Waals surface area contributed by atoms with Crippen LogP contribution in [0.25, 0.3) is 5.65 Å². The number of fused-ring (bicyclic) bond motifs is 1. The van der Waals surface area contributed by atoms with Crippen molar-refractivity contribution >= 4 is 23.1 Å². The summed E-state index contributed by atoms with van der Waals surface area (Å²) in [4.78, 5) is 4.25. The first kappa shape index (κ1) is 11.3. The van der Waals surface area contributed by atoms with Crippen molar-refractivity contribution in [2.45, 2.75) is 25.8 Å². The Balaban J connectivity index is 2.37. The van der Waals surface area contributed by atoms with Crippen molar-refractivity contribution in [3.05, 3.63) is 30.6 Å². The molecule has 0 fully saturated rings. The Hall–Kier alpha value is -1.22. The minimum absolute atomic E-state index is 0.0832. The van der Waals surface area contributed by atoms with Crippen molar-refractivity contribution in [2.24, 2.45) is 0 Å². The molecular formula is C12H16ClN3. The molecule has 0 bridgehead atoms. The monoisotopic (exact) mass is 237 g/mol. The molecule has 4 heteroatoms. The van der Waals surface area contributed by atoms with Crippen molar-refractivity contribution in [2.75, 3.05) is 11.2 Å². The second-order valence-corrected chi connectivity index (χ2v) is 4.51. The number of hydrogen-bond donors (Lipinski definition) is 1. The Kier molecular flexibility index (Phi) is 3.06. The molecule has 0 saturated heterocycles. The summed E-state index contributed by atoms with van der Waals surface area (Å²) in [6, 6.07) is 6.01. The van der Waals surface area contributed by atoms with E-state index in [1.165, 1.54) is 0 Å². The summed E-state index contributed by atoms with van der Waals surface area (Å²) in [5.74, 6) is 1.61. The zero-order chi connectivity index (χ0) is 11.6. The third-order valence-electron chi connectivity index (χ3n) is 2.93. The second-order valence-electron chi connectivity index (χ2n) is 4.24. The number of anilines is 1. The number of rotatable bonds is 4. The minimum atomic E-state index is -0.0832. The average Bonchev–Trinajstić information content (AvgIpc) is 2.78. The lowest BCUT2D eigenvalue weighted by Gasteiger charge is -2.28. The number of nitrogens with one attached hydrogen (secondary N) is 1. The summed E-state index contributed by atoms with van der Waals surface area (Å²) < 4.78 is 2.03. The predicted octanol–water partition coefficient (Wildman–Crippen LogP) is 3.15. The highest BCUT2D eigenvalue weighted by molar-refractivity contribution is 6.18. The lowest BCUT2D eigenvalue weighted by atomic mass is 10.0. The lowest BCUT2D eigenvalue weighted by molar-refractivity contribution is 0.550. The Morgan fingerprint density at radius 1 is 1.50 bits per heavy atom. The molecule has 0 radical (unpaired) electrons. The number of hydrogen-bond acceptors (Lipinski definition) is 2. The molecule has 2 aromatic rings. The van der Waals surface area contributed by atoms with Crippen LogP contribution in [0.5, 0.6) is 0 Å². The van der Waals surface area contributed by atoms with Gasteiger partial charge < -0.3 is 5.32 Å².